The molecule has 0 aromatic heterocycles. The van der Waals surface area contributed by atoms with Crippen LogP contribution >= 0.6 is 0 Å². The maximum absolute atomic E-state index is 6.54. The van der Waals surface area contributed by atoms with Crippen LogP contribution in [0.2, 0.25) is 0 Å². The number of hydrogen-bond acceptors (Lipinski definition) is 2. The lowest BCUT2D eigenvalue weighted by Crippen LogP contribution is -2.50. The molecular formula is C13H25NO. The molecule has 88 valence electrons. The molecule has 0 bridgehead atoms. The van der Waals surface area contributed by atoms with Crippen molar-refractivity contribution >= 4 is 0 Å². The molecule has 0 spiro atoms. The van der Waals surface area contributed by atoms with Crippen LogP contribution in [0, 0.1) is 11.8 Å². The Bertz CT molecular complexity index is 191. The Balaban J connectivity index is 1.84. The number of rotatable bonds is 3. The first-order chi connectivity index (χ1) is 7.24. The minimum atomic E-state index is 0.112. The fraction of sp³-hybridized carbons (Fsp3) is 1.00. The van der Waals surface area contributed by atoms with Crippen molar-refractivity contribution in [2.45, 2.75) is 57.4 Å². The Morgan fingerprint density at radius 1 is 1.27 bits per heavy atom. The monoisotopic (exact) mass is 211 g/mol. The van der Waals surface area contributed by atoms with Gasteiger partial charge in [0.2, 0.25) is 0 Å². The van der Waals surface area contributed by atoms with Gasteiger partial charge in [-0.2, -0.15) is 0 Å². The van der Waals surface area contributed by atoms with Gasteiger partial charge in [0.1, 0.15) is 0 Å². The van der Waals surface area contributed by atoms with E-state index in [2.05, 4.69) is 6.92 Å². The van der Waals surface area contributed by atoms with Crippen LogP contribution in [0.5, 0.6) is 0 Å². The zero-order valence-corrected chi connectivity index (χ0v) is 10.0. The van der Waals surface area contributed by atoms with Crippen molar-refractivity contribution in [3.8, 4) is 0 Å². The van der Waals surface area contributed by atoms with E-state index in [1.54, 1.807) is 0 Å². The first-order valence-corrected chi connectivity index (χ1v) is 6.61. The lowest BCUT2D eigenvalue weighted by atomic mass is 9.69. The molecule has 2 rings (SSSR count). The average Bonchev–Trinajstić information content (AvgIpc) is 2.76. The maximum atomic E-state index is 6.54. The van der Waals surface area contributed by atoms with Crippen LogP contribution < -0.4 is 5.73 Å². The molecule has 2 heteroatoms. The van der Waals surface area contributed by atoms with Gasteiger partial charge in [-0.15, -0.1) is 0 Å². The van der Waals surface area contributed by atoms with Crippen LogP contribution in [0.1, 0.15) is 51.9 Å². The Labute approximate surface area is 93.6 Å². The predicted octanol–water partition coefficient (Wildman–Crippen LogP) is 2.71. The Kier molecular flexibility index (Phi) is 3.68. The molecule has 2 fully saturated rings. The van der Waals surface area contributed by atoms with Crippen molar-refractivity contribution in [1.82, 2.24) is 0 Å². The SMILES string of the molecule is CCCC1CCC(N)(C2CCOC2)CC1. The highest BCUT2D eigenvalue weighted by Crippen LogP contribution is 2.39. The molecule has 1 atom stereocenters. The molecule has 1 unspecified atom stereocenters. The van der Waals surface area contributed by atoms with Crippen molar-refractivity contribution in [3.63, 3.8) is 0 Å². The molecule has 0 aromatic carbocycles. The Morgan fingerprint density at radius 3 is 2.53 bits per heavy atom. The molecule has 15 heavy (non-hydrogen) atoms. The molecule has 2 N–H and O–H groups in total. The van der Waals surface area contributed by atoms with Gasteiger partial charge in [-0.05, 0) is 38.0 Å². The lowest BCUT2D eigenvalue weighted by molar-refractivity contribution is 0.125. The van der Waals surface area contributed by atoms with Crippen LogP contribution in [-0.4, -0.2) is 18.8 Å². The number of ether oxygens (including phenoxy) is 1. The molecule has 1 saturated heterocycles. The third-order valence-electron chi connectivity index (χ3n) is 4.48. The fourth-order valence-electron chi connectivity index (χ4n) is 3.31. The standard InChI is InChI=1S/C13H25NO/c1-2-3-11-4-7-13(14,8-5-11)12-6-9-15-10-12/h11-12H,2-10,14H2,1H3. The van der Waals surface area contributed by atoms with Gasteiger partial charge in [-0.1, -0.05) is 19.8 Å². The van der Waals surface area contributed by atoms with Gasteiger partial charge in [-0.3, -0.25) is 0 Å². The zero-order valence-electron chi connectivity index (χ0n) is 10.0. The van der Waals surface area contributed by atoms with Gasteiger partial charge >= 0.3 is 0 Å². The summed E-state index contributed by atoms with van der Waals surface area (Å²) in [5, 5.41) is 0. The Morgan fingerprint density at radius 2 is 2.00 bits per heavy atom. The predicted molar refractivity (Wildman–Crippen MR) is 62.7 cm³/mol. The largest absolute Gasteiger partial charge is 0.381 e. The van der Waals surface area contributed by atoms with Crippen LogP contribution in [-0.2, 0) is 4.74 Å². The molecule has 2 nitrogen and oxygen atoms in total. The molecule has 1 saturated carbocycles. The minimum Gasteiger partial charge on any atom is -0.381 e. The summed E-state index contributed by atoms with van der Waals surface area (Å²) in [7, 11) is 0. The molecule has 2 aliphatic rings. The first kappa shape index (κ1) is 11.4. The third-order valence-corrected chi connectivity index (χ3v) is 4.48. The summed E-state index contributed by atoms with van der Waals surface area (Å²) in [4.78, 5) is 0. The molecule has 1 heterocycles. The molecular weight excluding hydrogens is 186 g/mol. The van der Waals surface area contributed by atoms with E-state index < -0.39 is 0 Å². The minimum absolute atomic E-state index is 0.112. The summed E-state index contributed by atoms with van der Waals surface area (Å²) < 4.78 is 5.47. The van der Waals surface area contributed by atoms with Crippen LogP contribution in [0.3, 0.4) is 0 Å². The van der Waals surface area contributed by atoms with Gasteiger partial charge in [0.15, 0.2) is 0 Å². The maximum Gasteiger partial charge on any atom is 0.0512 e. The van der Waals surface area contributed by atoms with Gasteiger partial charge < -0.3 is 10.5 Å². The lowest BCUT2D eigenvalue weighted by Gasteiger charge is -2.41. The molecule has 0 radical (unpaired) electrons. The summed E-state index contributed by atoms with van der Waals surface area (Å²) in [6.45, 7) is 4.13. The Hall–Kier alpha value is -0.0800. The van der Waals surface area contributed by atoms with Crippen LogP contribution in [0.15, 0.2) is 0 Å². The van der Waals surface area contributed by atoms with Crippen LogP contribution in [0.4, 0.5) is 0 Å². The number of hydrogen-bond donors (Lipinski definition) is 1. The quantitative estimate of drug-likeness (QED) is 0.779. The van der Waals surface area contributed by atoms with E-state index >= 15 is 0 Å². The fourth-order valence-corrected chi connectivity index (χ4v) is 3.31. The van der Waals surface area contributed by atoms with E-state index in [0.717, 1.165) is 19.1 Å². The second-order valence-corrected chi connectivity index (χ2v) is 5.53. The summed E-state index contributed by atoms with van der Waals surface area (Å²) in [6.07, 6.45) is 9.07. The van der Waals surface area contributed by atoms with Gasteiger partial charge in [-0.25, -0.2) is 0 Å². The smallest absolute Gasteiger partial charge is 0.0512 e. The molecule has 1 aliphatic carbocycles. The van der Waals surface area contributed by atoms with Crippen molar-refractivity contribution in [1.29, 1.82) is 0 Å². The van der Waals surface area contributed by atoms with Crippen molar-refractivity contribution in [3.05, 3.63) is 0 Å². The van der Waals surface area contributed by atoms with Crippen molar-refractivity contribution in [2.24, 2.45) is 17.6 Å². The highest BCUT2D eigenvalue weighted by Gasteiger charge is 2.39. The second-order valence-electron chi connectivity index (χ2n) is 5.53. The van der Waals surface area contributed by atoms with Gasteiger partial charge in [0.05, 0.1) is 6.61 Å². The third kappa shape index (κ3) is 2.54. The van der Waals surface area contributed by atoms with E-state index in [4.69, 9.17) is 10.5 Å². The number of nitrogens with two attached hydrogens (primary N) is 1. The van der Waals surface area contributed by atoms with E-state index in [9.17, 15) is 0 Å². The molecule has 0 aromatic rings. The van der Waals surface area contributed by atoms with Gasteiger partial charge in [0.25, 0.3) is 0 Å². The van der Waals surface area contributed by atoms with Crippen molar-refractivity contribution in [2.75, 3.05) is 13.2 Å². The highest BCUT2D eigenvalue weighted by atomic mass is 16.5. The van der Waals surface area contributed by atoms with Crippen LogP contribution in [0.25, 0.3) is 0 Å². The molecule has 1 aliphatic heterocycles. The molecule has 0 amide bonds. The van der Waals surface area contributed by atoms with Gasteiger partial charge in [0, 0.05) is 18.1 Å². The van der Waals surface area contributed by atoms with E-state index in [1.807, 2.05) is 0 Å². The topological polar surface area (TPSA) is 35.2 Å². The first-order valence-electron chi connectivity index (χ1n) is 6.61. The van der Waals surface area contributed by atoms with E-state index in [0.29, 0.717) is 5.92 Å². The van der Waals surface area contributed by atoms with E-state index in [-0.39, 0.29) is 5.54 Å². The summed E-state index contributed by atoms with van der Waals surface area (Å²) in [6, 6.07) is 0. The summed E-state index contributed by atoms with van der Waals surface area (Å²) in [5.74, 6) is 1.59. The van der Waals surface area contributed by atoms with E-state index in [1.165, 1.54) is 44.9 Å². The normalized spacial score (nSPS) is 42.0. The zero-order chi connectivity index (χ0) is 10.7. The highest BCUT2D eigenvalue weighted by molar-refractivity contribution is 4.96. The second kappa shape index (κ2) is 4.84. The summed E-state index contributed by atoms with van der Waals surface area (Å²) >= 11 is 0. The van der Waals surface area contributed by atoms with Crippen molar-refractivity contribution < 1.29 is 4.74 Å². The summed E-state index contributed by atoms with van der Waals surface area (Å²) in [5.41, 5.74) is 6.65. The average molecular weight is 211 g/mol.